The number of benzene rings is 2. The zero-order valence-electron chi connectivity index (χ0n) is 15.1. The molecule has 1 N–H and O–H groups in total. The average molecular weight is 355 g/mol. The Balaban J connectivity index is 2.15. The maximum absolute atomic E-state index is 12.0. The summed E-state index contributed by atoms with van der Waals surface area (Å²) >= 11 is 0. The Morgan fingerprint density at radius 2 is 1.77 bits per heavy atom. The molecule has 2 aromatic rings. The number of nitrogens with zero attached hydrogens (tertiary/aromatic N) is 1. The largest absolute Gasteiger partial charge is 0.481 e. The van der Waals surface area contributed by atoms with Gasteiger partial charge in [-0.15, -0.1) is 0 Å². The molecule has 0 heterocycles. The normalized spacial score (nSPS) is 10.3. The van der Waals surface area contributed by atoms with E-state index in [0.29, 0.717) is 26.0 Å². The molecule has 138 valence electrons. The lowest BCUT2D eigenvalue weighted by Crippen LogP contribution is -2.30. The Kier molecular flexibility index (Phi) is 7.68. The van der Waals surface area contributed by atoms with Crippen molar-refractivity contribution in [3.8, 4) is 0 Å². The third-order valence-electron chi connectivity index (χ3n) is 3.97. The van der Waals surface area contributed by atoms with Gasteiger partial charge in [0.15, 0.2) is 0 Å². The van der Waals surface area contributed by atoms with Crippen molar-refractivity contribution in [3.63, 3.8) is 0 Å². The number of carboxylic acid groups (broad SMARTS) is 1. The first-order valence-corrected chi connectivity index (χ1v) is 8.83. The van der Waals surface area contributed by atoms with Crippen LogP contribution in [0, 0.1) is 0 Å². The highest BCUT2D eigenvalue weighted by Gasteiger charge is 2.14. The number of carboxylic acids is 1. The van der Waals surface area contributed by atoms with E-state index in [2.05, 4.69) is 0 Å². The SMILES string of the molecule is CCOC(=O)CN(Cc1ccccc1)c1cccc(CCCC(=O)O)c1. The van der Waals surface area contributed by atoms with Crippen LogP contribution in [0.15, 0.2) is 54.6 Å². The molecule has 0 saturated heterocycles. The van der Waals surface area contributed by atoms with Crippen molar-refractivity contribution in [3.05, 3.63) is 65.7 Å². The van der Waals surface area contributed by atoms with E-state index in [1.54, 1.807) is 6.92 Å². The number of rotatable bonds is 10. The predicted molar refractivity (Wildman–Crippen MR) is 101 cm³/mol. The molecule has 0 radical (unpaired) electrons. The Hall–Kier alpha value is -2.82. The van der Waals surface area contributed by atoms with Crippen LogP contribution in [0.1, 0.15) is 30.9 Å². The summed E-state index contributed by atoms with van der Waals surface area (Å²) in [5.74, 6) is -1.05. The van der Waals surface area contributed by atoms with Gasteiger partial charge in [-0.25, -0.2) is 0 Å². The summed E-state index contributed by atoms with van der Waals surface area (Å²) < 4.78 is 5.11. The highest BCUT2D eigenvalue weighted by atomic mass is 16.5. The first kappa shape index (κ1) is 19.5. The number of esters is 1. The molecule has 0 unspecified atom stereocenters. The fourth-order valence-electron chi connectivity index (χ4n) is 2.76. The highest BCUT2D eigenvalue weighted by molar-refractivity contribution is 5.76. The summed E-state index contributed by atoms with van der Waals surface area (Å²) in [7, 11) is 0. The predicted octanol–water partition coefficient (Wildman–Crippen LogP) is 3.66. The van der Waals surface area contributed by atoms with Crippen molar-refractivity contribution in [2.75, 3.05) is 18.1 Å². The second-order valence-corrected chi connectivity index (χ2v) is 6.06. The van der Waals surface area contributed by atoms with Crippen molar-refractivity contribution in [2.24, 2.45) is 0 Å². The van der Waals surface area contributed by atoms with Crippen molar-refractivity contribution < 1.29 is 19.4 Å². The van der Waals surface area contributed by atoms with Gasteiger partial charge in [-0.2, -0.15) is 0 Å². The summed E-state index contributed by atoms with van der Waals surface area (Å²) in [6.07, 6.45) is 1.44. The van der Waals surface area contributed by atoms with E-state index in [0.717, 1.165) is 16.8 Å². The molecular weight excluding hydrogens is 330 g/mol. The molecule has 0 aliphatic carbocycles. The van der Waals surface area contributed by atoms with Crippen LogP contribution in [-0.2, 0) is 27.3 Å². The molecule has 2 rings (SSSR count). The molecule has 0 aliphatic heterocycles. The monoisotopic (exact) mass is 355 g/mol. The van der Waals surface area contributed by atoms with Gasteiger partial charge < -0.3 is 14.7 Å². The smallest absolute Gasteiger partial charge is 0.325 e. The molecule has 5 nitrogen and oxygen atoms in total. The topological polar surface area (TPSA) is 66.8 Å². The van der Waals surface area contributed by atoms with Gasteiger partial charge in [-0.1, -0.05) is 42.5 Å². The van der Waals surface area contributed by atoms with Gasteiger partial charge in [0.25, 0.3) is 0 Å². The lowest BCUT2D eigenvalue weighted by Gasteiger charge is -2.24. The summed E-state index contributed by atoms with van der Waals surface area (Å²) in [4.78, 5) is 24.7. The van der Waals surface area contributed by atoms with E-state index in [1.807, 2.05) is 59.5 Å². The molecule has 2 aromatic carbocycles. The van der Waals surface area contributed by atoms with Crippen molar-refractivity contribution in [2.45, 2.75) is 32.7 Å². The van der Waals surface area contributed by atoms with E-state index in [4.69, 9.17) is 9.84 Å². The molecule has 0 aliphatic rings. The van der Waals surface area contributed by atoms with Gasteiger partial charge in [0.2, 0.25) is 0 Å². The van der Waals surface area contributed by atoms with Gasteiger partial charge in [0, 0.05) is 18.7 Å². The Labute approximate surface area is 154 Å². The Bertz CT molecular complexity index is 715. The van der Waals surface area contributed by atoms with E-state index in [-0.39, 0.29) is 18.9 Å². The highest BCUT2D eigenvalue weighted by Crippen LogP contribution is 2.20. The molecule has 5 heteroatoms. The molecule has 0 bridgehead atoms. The molecule has 0 fully saturated rings. The number of aryl methyl sites for hydroxylation is 1. The number of aliphatic carboxylic acids is 1. The third kappa shape index (κ3) is 6.59. The number of carbonyl (C=O) groups excluding carboxylic acids is 1. The van der Waals surface area contributed by atoms with Gasteiger partial charge in [-0.3, -0.25) is 9.59 Å². The van der Waals surface area contributed by atoms with Crippen LogP contribution >= 0.6 is 0 Å². The zero-order valence-corrected chi connectivity index (χ0v) is 15.1. The Morgan fingerprint density at radius 3 is 2.46 bits per heavy atom. The van der Waals surface area contributed by atoms with Crippen LogP contribution in [0.2, 0.25) is 0 Å². The number of hydrogen-bond donors (Lipinski definition) is 1. The quantitative estimate of drug-likeness (QED) is 0.659. The molecule has 0 aromatic heterocycles. The first-order valence-electron chi connectivity index (χ1n) is 8.83. The van der Waals surface area contributed by atoms with Crippen LogP contribution in [0.25, 0.3) is 0 Å². The summed E-state index contributed by atoms with van der Waals surface area (Å²) in [6.45, 7) is 2.91. The fraction of sp³-hybridized carbons (Fsp3) is 0.333. The standard InChI is InChI=1S/C21H25NO4/c1-2-26-21(25)16-22(15-18-8-4-3-5-9-18)19-12-6-10-17(14-19)11-7-13-20(23)24/h3-6,8-10,12,14H,2,7,11,13,15-16H2,1H3,(H,23,24). The van der Waals surface area contributed by atoms with E-state index in [9.17, 15) is 9.59 Å². The van der Waals surface area contributed by atoms with Gasteiger partial charge >= 0.3 is 11.9 Å². The second-order valence-electron chi connectivity index (χ2n) is 6.06. The lowest BCUT2D eigenvalue weighted by molar-refractivity contribution is -0.141. The minimum absolute atomic E-state index is 0.154. The van der Waals surface area contributed by atoms with E-state index in [1.165, 1.54) is 0 Å². The molecular formula is C21H25NO4. The van der Waals surface area contributed by atoms with E-state index >= 15 is 0 Å². The van der Waals surface area contributed by atoms with Crippen molar-refractivity contribution in [1.29, 1.82) is 0 Å². The number of anilines is 1. The van der Waals surface area contributed by atoms with Crippen molar-refractivity contribution >= 4 is 17.6 Å². The van der Waals surface area contributed by atoms with Crippen LogP contribution in [0.3, 0.4) is 0 Å². The second kappa shape index (κ2) is 10.2. The van der Waals surface area contributed by atoms with Crippen LogP contribution in [0.4, 0.5) is 5.69 Å². The number of ether oxygens (including phenoxy) is 1. The van der Waals surface area contributed by atoms with Crippen molar-refractivity contribution in [1.82, 2.24) is 0 Å². The lowest BCUT2D eigenvalue weighted by atomic mass is 10.1. The van der Waals surface area contributed by atoms with Gasteiger partial charge in [0.1, 0.15) is 6.54 Å². The number of carbonyl (C=O) groups is 2. The summed E-state index contributed by atoms with van der Waals surface area (Å²) in [6, 6.07) is 17.9. The summed E-state index contributed by atoms with van der Waals surface area (Å²) in [5.41, 5.74) is 3.09. The summed E-state index contributed by atoms with van der Waals surface area (Å²) in [5, 5.41) is 8.79. The van der Waals surface area contributed by atoms with Gasteiger partial charge in [-0.05, 0) is 43.0 Å². The van der Waals surface area contributed by atoms with Crippen LogP contribution in [-0.4, -0.2) is 30.2 Å². The molecule has 0 saturated carbocycles. The fourth-order valence-corrected chi connectivity index (χ4v) is 2.76. The maximum Gasteiger partial charge on any atom is 0.325 e. The van der Waals surface area contributed by atoms with Crippen LogP contribution in [0.5, 0.6) is 0 Å². The van der Waals surface area contributed by atoms with Crippen LogP contribution < -0.4 is 4.90 Å². The minimum Gasteiger partial charge on any atom is -0.481 e. The van der Waals surface area contributed by atoms with E-state index < -0.39 is 5.97 Å². The molecule has 0 spiro atoms. The average Bonchev–Trinajstić information content (AvgIpc) is 2.62. The number of hydrogen-bond acceptors (Lipinski definition) is 4. The first-order chi connectivity index (χ1) is 12.6. The maximum atomic E-state index is 12.0. The molecule has 0 atom stereocenters. The molecule has 0 amide bonds. The molecule has 26 heavy (non-hydrogen) atoms. The third-order valence-corrected chi connectivity index (χ3v) is 3.97. The zero-order chi connectivity index (χ0) is 18.8. The minimum atomic E-state index is -0.783. The van der Waals surface area contributed by atoms with Gasteiger partial charge in [0.05, 0.1) is 6.61 Å². The Morgan fingerprint density at radius 1 is 1.04 bits per heavy atom.